The second kappa shape index (κ2) is 4.19. The molecule has 0 heterocycles. The highest BCUT2D eigenvalue weighted by Gasteiger charge is 2.11. The van der Waals surface area contributed by atoms with Gasteiger partial charge in [-0.15, -0.1) is 0 Å². The smallest absolute Gasteiger partial charge is 0.307 e. The summed E-state index contributed by atoms with van der Waals surface area (Å²) in [7, 11) is 1.47. The maximum atomic E-state index is 10.5. The minimum absolute atomic E-state index is 0.143. The van der Waals surface area contributed by atoms with Crippen LogP contribution in [0.1, 0.15) is 5.56 Å². The molecule has 0 amide bonds. The number of rotatable bonds is 3. The molecule has 0 bridgehead atoms. The van der Waals surface area contributed by atoms with Crippen molar-refractivity contribution >= 4 is 23.3 Å². The first kappa shape index (κ1) is 10.7. The van der Waals surface area contributed by atoms with Crippen LogP contribution in [0.2, 0.25) is 5.02 Å². The fraction of sp³-hybridized carbons (Fsp3) is 0.222. The molecule has 1 aromatic rings. The fourth-order valence-electron chi connectivity index (χ4n) is 1.09. The van der Waals surface area contributed by atoms with Gasteiger partial charge in [0.2, 0.25) is 0 Å². The van der Waals surface area contributed by atoms with Crippen LogP contribution in [-0.2, 0) is 11.2 Å². The van der Waals surface area contributed by atoms with Gasteiger partial charge in [-0.1, -0.05) is 17.7 Å². The zero-order valence-electron chi connectivity index (χ0n) is 7.58. The number of hydrogen-bond donors (Lipinski definition) is 2. The minimum atomic E-state index is -0.946. The number of nitrogens with two attached hydrogens (primary N) is 1. The van der Waals surface area contributed by atoms with Crippen molar-refractivity contribution in [3.8, 4) is 5.75 Å². The van der Waals surface area contributed by atoms with E-state index in [9.17, 15) is 4.79 Å². The van der Waals surface area contributed by atoms with Crippen LogP contribution in [0.3, 0.4) is 0 Å². The van der Waals surface area contributed by atoms with Gasteiger partial charge in [0.15, 0.2) is 0 Å². The van der Waals surface area contributed by atoms with Gasteiger partial charge in [-0.05, 0) is 11.6 Å². The summed E-state index contributed by atoms with van der Waals surface area (Å²) >= 11 is 5.84. The van der Waals surface area contributed by atoms with Gasteiger partial charge in [-0.3, -0.25) is 4.79 Å². The quantitative estimate of drug-likeness (QED) is 0.751. The molecule has 1 rings (SSSR count). The van der Waals surface area contributed by atoms with Gasteiger partial charge in [-0.25, -0.2) is 0 Å². The van der Waals surface area contributed by atoms with E-state index in [1.807, 2.05) is 0 Å². The Kier molecular flexibility index (Phi) is 3.19. The van der Waals surface area contributed by atoms with Gasteiger partial charge in [0, 0.05) is 0 Å². The third-order valence-corrected chi connectivity index (χ3v) is 2.19. The van der Waals surface area contributed by atoms with E-state index in [0.29, 0.717) is 11.3 Å². The first-order chi connectivity index (χ1) is 6.56. The first-order valence-electron chi connectivity index (χ1n) is 3.89. The Labute approximate surface area is 86.2 Å². The summed E-state index contributed by atoms with van der Waals surface area (Å²) in [6.07, 6.45) is -0.143. The Morgan fingerprint density at radius 1 is 1.64 bits per heavy atom. The maximum absolute atomic E-state index is 10.5. The van der Waals surface area contributed by atoms with Gasteiger partial charge < -0.3 is 15.6 Å². The molecule has 14 heavy (non-hydrogen) atoms. The van der Waals surface area contributed by atoms with Crippen molar-refractivity contribution in [1.29, 1.82) is 0 Å². The molecule has 5 heteroatoms. The molecule has 4 nitrogen and oxygen atoms in total. The van der Waals surface area contributed by atoms with Crippen molar-refractivity contribution in [3.63, 3.8) is 0 Å². The van der Waals surface area contributed by atoms with Gasteiger partial charge in [0.25, 0.3) is 0 Å². The van der Waals surface area contributed by atoms with E-state index in [0.717, 1.165) is 0 Å². The Bertz CT molecular complexity index is 365. The second-order valence-electron chi connectivity index (χ2n) is 2.73. The summed E-state index contributed by atoms with van der Waals surface area (Å²) in [6, 6.07) is 3.19. The lowest BCUT2D eigenvalue weighted by Gasteiger charge is -2.08. The van der Waals surface area contributed by atoms with E-state index in [-0.39, 0.29) is 17.1 Å². The summed E-state index contributed by atoms with van der Waals surface area (Å²) in [5.74, 6) is -0.503. The average Bonchev–Trinajstić information content (AvgIpc) is 2.13. The summed E-state index contributed by atoms with van der Waals surface area (Å²) < 4.78 is 4.93. The highest BCUT2D eigenvalue weighted by Crippen LogP contribution is 2.32. The number of hydrogen-bond acceptors (Lipinski definition) is 3. The van der Waals surface area contributed by atoms with E-state index in [1.165, 1.54) is 7.11 Å². The van der Waals surface area contributed by atoms with Crippen LogP contribution < -0.4 is 10.5 Å². The number of carbonyl (C=O) groups is 1. The number of benzene rings is 1. The first-order valence-corrected chi connectivity index (χ1v) is 4.26. The molecule has 0 aliphatic rings. The van der Waals surface area contributed by atoms with Crippen LogP contribution in [0.4, 0.5) is 5.69 Å². The zero-order chi connectivity index (χ0) is 10.7. The molecule has 0 saturated heterocycles. The molecule has 0 radical (unpaired) electrons. The molecule has 0 spiro atoms. The maximum Gasteiger partial charge on any atom is 0.307 e. The predicted octanol–water partition coefficient (Wildman–Crippen LogP) is 1.56. The standard InChI is InChI=1S/C9H10ClNO3/c1-14-6-3-2-5(4-7(12)13)9(11)8(6)10/h2-3H,4,11H2,1H3,(H,12,13). The molecule has 3 N–H and O–H groups in total. The summed E-state index contributed by atoms with van der Waals surface area (Å²) in [4.78, 5) is 10.5. The molecule has 0 aromatic heterocycles. The van der Waals surface area contributed by atoms with Gasteiger partial charge in [-0.2, -0.15) is 0 Å². The number of nitrogen functional groups attached to an aromatic ring is 1. The number of ether oxygens (including phenoxy) is 1. The monoisotopic (exact) mass is 215 g/mol. The van der Waals surface area contributed by atoms with Gasteiger partial charge >= 0.3 is 5.97 Å². The fourth-order valence-corrected chi connectivity index (χ4v) is 1.35. The van der Waals surface area contributed by atoms with Crippen molar-refractivity contribution in [2.45, 2.75) is 6.42 Å². The molecule has 0 aliphatic carbocycles. The molecular formula is C9H10ClNO3. The van der Waals surface area contributed by atoms with Crippen LogP contribution in [0.15, 0.2) is 12.1 Å². The van der Waals surface area contributed by atoms with Crippen LogP contribution in [0.25, 0.3) is 0 Å². The summed E-state index contributed by atoms with van der Waals surface area (Å²) in [5.41, 5.74) is 6.38. The highest BCUT2D eigenvalue weighted by molar-refractivity contribution is 6.34. The molecule has 76 valence electrons. The number of carboxylic acid groups (broad SMARTS) is 1. The molecule has 1 aromatic carbocycles. The number of methoxy groups -OCH3 is 1. The average molecular weight is 216 g/mol. The normalized spacial score (nSPS) is 9.86. The third-order valence-electron chi connectivity index (χ3n) is 1.80. The van der Waals surface area contributed by atoms with E-state index in [1.54, 1.807) is 12.1 Å². The van der Waals surface area contributed by atoms with Crippen molar-refractivity contribution in [2.24, 2.45) is 0 Å². The van der Waals surface area contributed by atoms with E-state index >= 15 is 0 Å². The Morgan fingerprint density at radius 2 is 2.29 bits per heavy atom. The predicted molar refractivity (Wildman–Crippen MR) is 53.8 cm³/mol. The molecular weight excluding hydrogens is 206 g/mol. The van der Waals surface area contributed by atoms with Gasteiger partial charge in [0.05, 0.1) is 19.2 Å². The zero-order valence-corrected chi connectivity index (χ0v) is 8.34. The number of carboxylic acids is 1. The number of anilines is 1. The molecule has 0 fully saturated rings. The third kappa shape index (κ3) is 2.09. The Hall–Kier alpha value is -1.42. The highest BCUT2D eigenvalue weighted by atomic mass is 35.5. The second-order valence-corrected chi connectivity index (χ2v) is 3.10. The SMILES string of the molecule is COc1ccc(CC(=O)O)c(N)c1Cl. The van der Waals surface area contributed by atoms with Crippen LogP contribution in [-0.4, -0.2) is 18.2 Å². The Morgan fingerprint density at radius 3 is 2.79 bits per heavy atom. The van der Waals surface area contributed by atoms with E-state index < -0.39 is 5.97 Å². The molecule has 0 aliphatic heterocycles. The van der Waals surface area contributed by atoms with Gasteiger partial charge in [0.1, 0.15) is 10.8 Å². The van der Waals surface area contributed by atoms with E-state index in [4.69, 9.17) is 27.2 Å². The number of aliphatic carboxylic acids is 1. The van der Waals surface area contributed by atoms with Crippen molar-refractivity contribution in [1.82, 2.24) is 0 Å². The lowest BCUT2D eigenvalue weighted by molar-refractivity contribution is -0.136. The molecule has 0 unspecified atom stereocenters. The van der Waals surface area contributed by atoms with E-state index in [2.05, 4.69) is 0 Å². The lowest BCUT2D eigenvalue weighted by atomic mass is 10.1. The molecule has 0 atom stereocenters. The largest absolute Gasteiger partial charge is 0.495 e. The summed E-state index contributed by atoms with van der Waals surface area (Å²) in [5, 5.41) is 8.83. The Balaban J connectivity index is 3.10. The topological polar surface area (TPSA) is 72.5 Å². The molecule has 0 saturated carbocycles. The van der Waals surface area contributed by atoms with Crippen molar-refractivity contribution in [2.75, 3.05) is 12.8 Å². The summed E-state index contributed by atoms with van der Waals surface area (Å²) in [6.45, 7) is 0. The van der Waals surface area contributed by atoms with Crippen LogP contribution in [0, 0.1) is 0 Å². The van der Waals surface area contributed by atoms with Crippen molar-refractivity contribution in [3.05, 3.63) is 22.7 Å². The lowest BCUT2D eigenvalue weighted by Crippen LogP contribution is -2.04. The van der Waals surface area contributed by atoms with Crippen LogP contribution in [0.5, 0.6) is 5.75 Å². The van der Waals surface area contributed by atoms with Crippen LogP contribution >= 0.6 is 11.6 Å². The van der Waals surface area contributed by atoms with Crippen molar-refractivity contribution < 1.29 is 14.6 Å². The minimum Gasteiger partial charge on any atom is -0.495 e. The number of halogens is 1.